The number of carbonyl (C=O) groups excluding carboxylic acids is 2. The molecule has 1 fully saturated rings. The van der Waals surface area contributed by atoms with Crippen molar-refractivity contribution in [2.75, 3.05) is 24.5 Å². The van der Waals surface area contributed by atoms with Gasteiger partial charge in [0.05, 0.1) is 6.42 Å². The summed E-state index contributed by atoms with van der Waals surface area (Å²) in [4.78, 5) is 41.2. The second-order valence-corrected chi connectivity index (χ2v) is 9.63. The highest BCUT2D eigenvalue weighted by molar-refractivity contribution is 6.01. The number of rotatable bonds is 10. The second kappa shape index (κ2) is 12.8. The molecule has 0 saturated carbocycles. The minimum Gasteiger partial charge on any atom is -0.489 e. The number of anilines is 1. The van der Waals surface area contributed by atoms with Gasteiger partial charge in [-0.1, -0.05) is 35.5 Å². The van der Waals surface area contributed by atoms with E-state index in [4.69, 9.17) is 15.7 Å². The number of ether oxygens (including phenoxy) is 1. The summed E-state index contributed by atoms with van der Waals surface area (Å²) in [5.74, 6) is -1.49. The van der Waals surface area contributed by atoms with Crippen LogP contribution in [-0.4, -0.2) is 58.5 Å². The normalized spacial score (nSPS) is 13.2. The van der Waals surface area contributed by atoms with Gasteiger partial charge in [-0.05, 0) is 67.3 Å². The lowest BCUT2D eigenvalue weighted by Crippen LogP contribution is -2.37. The second-order valence-electron chi connectivity index (χ2n) is 9.63. The van der Waals surface area contributed by atoms with Crippen LogP contribution in [0.2, 0.25) is 0 Å². The smallest absolute Gasteiger partial charge is 0.323 e. The number of amides is 2. The Morgan fingerprint density at radius 2 is 1.75 bits per heavy atom. The predicted molar refractivity (Wildman–Crippen MR) is 150 cm³/mol. The van der Waals surface area contributed by atoms with E-state index < -0.39 is 18.4 Å². The molecule has 0 radical (unpaired) electrons. The average molecular weight is 545 g/mol. The number of amidine groups is 1. The molecule has 10 nitrogen and oxygen atoms in total. The lowest BCUT2D eigenvalue weighted by atomic mass is 10.0. The standard InChI is InChI=1S/C30H32N4O6/c1-20-15-24(10-11-25(20)30(38)33-13-5-6-14-33)34(18-28(36)37)27(35)17-23-16-22(29(31)32-39)9-12-26(23)40-19-21-7-3-2-4-8-21/h2-4,7-12,15-16,39H,5-6,13-14,17-19H2,1H3,(H2,31,32)(H,36,37). The van der Waals surface area contributed by atoms with Crippen molar-refractivity contribution in [2.24, 2.45) is 10.9 Å². The van der Waals surface area contributed by atoms with E-state index >= 15 is 0 Å². The summed E-state index contributed by atoms with van der Waals surface area (Å²) in [5.41, 5.74) is 9.06. The molecule has 1 saturated heterocycles. The van der Waals surface area contributed by atoms with E-state index in [0.29, 0.717) is 46.8 Å². The van der Waals surface area contributed by atoms with Crippen LogP contribution in [0.1, 0.15) is 45.5 Å². The SMILES string of the molecule is Cc1cc(N(CC(=O)O)C(=O)Cc2cc(C(N)=NO)ccc2OCc2ccccc2)ccc1C(=O)N1CCCC1. The Morgan fingerprint density at radius 3 is 2.40 bits per heavy atom. The topological polar surface area (TPSA) is 146 Å². The molecule has 1 aliphatic heterocycles. The van der Waals surface area contributed by atoms with Crippen molar-refractivity contribution in [1.29, 1.82) is 0 Å². The number of aliphatic carboxylic acids is 1. The maximum absolute atomic E-state index is 13.6. The third kappa shape index (κ3) is 6.76. The highest BCUT2D eigenvalue weighted by Crippen LogP contribution is 2.26. The average Bonchev–Trinajstić information content (AvgIpc) is 3.50. The maximum atomic E-state index is 13.6. The number of benzene rings is 3. The molecule has 0 bridgehead atoms. The quantitative estimate of drug-likeness (QED) is 0.153. The van der Waals surface area contributed by atoms with E-state index in [0.717, 1.165) is 23.3 Å². The Bertz CT molecular complexity index is 1420. The Hall–Kier alpha value is -4.86. The molecule has 0 unspecified atom stereocenters. The van der Waals surface area contributed by atoms with Gasteiger partial charge >= 0.3 is 5.97 Å². The van der Waals surface area contributed by atoms with Crippen molar-refractivity contribution in [3.63, 3.8) is 0 Å². The molecular formula is C30H32N4O6. The first kappa shape index (κ1) is 28.2. The number of hydrogen-bond donors (Lipinski definition) is 3. The molecule has 0 aromatic heterocycles. The van der Waals surface area contributed by atoms with E-state index in [2.05, 4.69) is 5.16 Å². The molecule has 10 heteroatoms. The predicted octanol–water partition coefficient (Wildman–Crippen LogP) is 3.56. The summed E-state index contributed by atoms with van der Waals surface area (Å²) in [7, 11) is 0. The first-order chi connectivity index (χ1) is 19.3. The van der Waals surface area contributed by atoms with Gasteiger partial charge in [-0.3, -0.25) is 14.4 Å². The van der Waals surface area contributed by atoms with Crippen LogP contribution in [0.15, 0.2) is 71.9 Å². The first-order valence-corrected chi connectivity index (χ1v) is 13.0. The Morgan fingerprint density at radius 1 is 1.02 bits per heavy atom. The van der Waals surface area contributed by atoms with Crippen LogP contribution in [-0.2, 0) is 22.6 Å². The minimum absolute atomic E-state index is 0.0715. The van der Waals surface area contributed by atoms with Crippen molar-refractivity contribution in [3.8, 4) is 5.75 Å². The maximum Gasteiger partial charge on any atom is 0.323 e. The van der Waals surface area contributed by atoms with Gasteiger partial charge in [0.25, 0.3) is 5.91 Å². The molecule has 3 aromatic rings. The third-order valence-electron chi connectivity index (χ3n) is 6.78. The van der Waals surface area contributed by atoms with E-state index in [9.17, 15) is 19.5 Å². The fourth-order valence-corrected chi connectivity index (χ4v) is 4.67. The summed E-state index contributed by atoms with van der Waals surface area (Å²) in [6.07, 6.45) is 1.73. The van der Waals surface area contributed by atoms with Crippen LogP contribution in [0.25, 0.3) is 0 Å². The molecule has 208 valence electrons. The van der Waals surface area contributed by atoms with Gasteiger partial charge in [0.1, 0.15) is 18.9 Å². The van der Waals surface area contributed by atoms with E-state index in [1.807, 2.05) is 30.3 Å². The molecule has 0 atom stereocenters. The molecule has 1 aliphatic rings. The summed E-state index contributed by atoms with van der Waals surface area (Å²) >= 11 is 0. The Balaban J connectivity index is 1.61. The molecule has 4 N–H and O–H groups in total. The lowest BCUT2D eigenvalue weighted by molar-refractivity contribution is -0.136. The van der Waals surface area contributed by atoms with Crippen molar-refractivity contribution in [1.82, 2.24) is 4.90 Å². The number of hydrogen-bond acceptors (Lipinski definition) is 6. The number of aryl methyl sites for hydroxylation is 1. The number of nitrogens with zero attached hydrogens (tertiary/aromatic N) is 3. The molecule has 2 amide bonds. The fraction of sp³-hybridized carbons (Fsp3) is 0.267. The van der Waals surface area contributed by atoms with Gasteiger partial charge in [-0.25, -0.2) is 0 Å². The van der Waals surface area contributed by atoms with Crippen LogP contribution in [0.4, 0.5) is 5.69 Å². The summed E-state index contributed by atoms with van der Waals surface area (Å²) in [6, 6.07) is 19.2. The minimum atomic E-state index is -1.19. The Labute approximate surface area is 232 Å². The number of carbonyl (C=O) groups is 3. The van der Waals surface area contributed by atoms with Crippen LogP contribution in [0.5, 0.6) is 5.75 Å². The van der Waals surface area contributed by atoms with Crippen LogP contribution in [0.3, 0.4) is 0 Å². The highest BCUT2D eigenvalue weighted by Gasteiger charge is 2.25. The zero-order valence-electron chi connectivity index (χ0n) is 22.2. The van der Waals surface area contributed by atoms with Crippen molar-refractivity contribution in [2.45, 2.75) is 32.8 Å². The number of carboxylic acids is 1. The lowest BCUT2D eigenvalue weighted by Gasteiger charge is -2.23. The molecule has 4 rings (SSSR count). The zero-order valence-corrected chi connectivity index (χ0v) is 22.2. The van der Waals surface area contributed by atoms with Gasteiger partial charge in [-0.2, -0.15) is 0 Å². The molecule has 3 aromatic carbocycles. The van der Waals surface area contributed by atoms with Gasteiger partial charge in [0.2, 0.25) is 5.91 Å². The molecular weight excluding hydrogens is 512 g/mol. The third-order valence-corrected chi connectivity index (χ3v) is 6.78. The largest absolute Gasteiger partial charge is 0.489 e. The number of likely N-dealkylation sites (tertiary alicyclic amines) is 1. The summed E-state index contributed by atoms with van der Waals surface area (Å²) in [6.45, 7) is 2.87. The zero-order chi connectivity index (χ0) is 28.6. The number of nitrogens with two attached hydrogens (primary N) is 1. The molecule has 0 aliphatic carbocycles. The first-order valence-electron chi connectivity index (χ1n) is 13.0. The van der Waals surface area contributed by atoms with E-state index in [-0.39, 0.29) is 24.8 Å². The van der Waals surface area contributed by atoms with Crippen molar-refractivity contribution < 1.29 is 29.4 Å². The van der Waals surface area contributed by atoms with Gasteiger partial charge < -0.3 is 30.6 Å². The van der Waals surface area contributed by atoms with Crippen molar-refractivity contribution in [3.05, 3.63) is 94.5 Å². The highest BCUT2D eigenvalue weighted by atomic mass is 16.5. The molecule has 40 heavy (non-hydrogen) atoms. The number of oxime groups is 1. The monoisotopic (exact) mass is 544 g/mol. The van der Waals surface area contributed by atoms with Crippen molar-refractivity contribution >= 4 is 29.3 Å². The van der Waals surface area contributed by atoms with Crippen LogP contribution < -0.4 is 15.4 Å². The number of carboxylic acid groups (broad SMARTS) is 1. The fourth-order valence-electron chi connectivity index (χ4n) is 4.67. The van der Waals surface area contributed by atoms with Crippen LogP contribution >= 0.6 is 0 Å². The summed E-state index contributed by atoms with van der Waals surface area (Å²) in [5, 5.41) is 21.8. The van der Waals surface area contributed by atoms with Gasteiger partial charge in [0, 0.05) is 35.5 Å². The van der Waals surface area contributed by atoms with E-state index in [1.165, 1.54) is 0 Å². The molecule has 1 heterocycles. The van der Waals surface area contributed by atoms with Gasteiger partial charge in [-0.15, -0.1) is 0 Å². The van der Waals surface area contributed by atoms with Crippen LogP contribution in [0, 0.1) is 6.92 Å². The van der Waals surface area contributed by atoms with Gasteiger partial charge in [0.15, 0.2) is 5.84 Å². The molecule has 0 spiro atoms. The summed E-state index contributed by atoms with van der Waals surface area (Å²) < 4.78 is 6.00. The Kier molecular flexibility index (Phi) is 9.00. The van der Waals surface area contributed by atoms with E-state index in [1.54, 1.807) is 48.2 Å².